The van der Waals surface area contributed by atoms with Gasteiger partial charge in [0.2, 0.25) is 5.91 Å². The Balaban J connectivity index is 0.00000208. The number of halogens is 1. The van der Waals surface area contributed by atoms with Crippen molar-refractivity contribution in [2.24, 2.45) is 0 Å². The number of aromatic nitrogens is 1. The molecule has 0 saturated carbocycles. The topological polar surface area (TPSA) is 79.4 Å². The summed E-state index contributed by atoms with van der Waals surface area (Å²) in [6.45, 7) is 0.224. The third kappa shape index (κ3) is 3.60. The predicted octanol–water partition coefficient (Wildman–Crippen LogP) is 2.52. The first-order valence-corrected chi connectivity index (χ1v) is 7.33. The van der Waals surface area contributed by atoms with Crippen LogP contribution in [0, 0.1) is 0 Å². The Morgan fingerprint density at radius 3 is 2.21 bits per heavy atom. The standard InChI is InChI=1S/C17H15N3O3.ClH/c21-15(19-14-8-3-4-10-18-14)9-5-11-20-16(22)12-6-1-2-7-13(12)17(20)23;/h1-4,6-8,10H,5,9,11H2,(H,18,19,21);1H. The van der Waals surface area contributed by atoms with Crippen molar-refractivity contribution in [3.8, 4) is 0 Å². The number of hydrogen-bond acceptors (Lipinski definition) is 4. The minimum Gasteiger partial charge on any atom is -0.311 e. The number of carbonyl (C=O) groups is 3. The largest absolute Gasteiger partial charge is 0.311 e. The van der Waals surface area contributed by atoms with Crippen molar-refractivity contribution < 1.29 is 14.4 Å². The summed E-state index contributed by atoms with van der Waals surface area (Å²) in [6, 6.07) is 12.0. The van der Waals surface area contributed by atoms with Crippen molar-refractivity contribution in [3.63, 3.8) is 0 Å². The minimum absolute atomic E-state index is 0. The van der Waals surface area contributed by atoms with E-state index < -0.39 is 0 Å². The second-order valence-corrected chi connectivity index (χ2v) is 5.17. The molecule has 124 valence electrons. The van der Waals surface area contributed by atoms with Gasteiger partial charge in [0.15, 0.2) is 0 Å². The fourth-order valence-electron chi connectivity index (χ4n) is 2.48. The van der Waals surface area contributed by atoms with Gasteiger partial charge < -0.3 is 5.32 Å². The third-order valence-corrected chi connectivity index (χ3v) is 3.60. The molecule has 0 saturated heterocycles. The molecule has 0 unspecified atom stereocenters. The number of nitrogens with zero attached hydrogens (tertiary/aromatic N) is 2. The summed E-state index contributed by atoms with van der Waals surface area (Å²) >= 11 is 0. The van der Waals surface area contributed by atoms with Crippen molar-refractivity contribution in [2.75, 3.05) is 11.9 Å². The number of imide groups is 1. The third-order valence-electron chi connectivity index (χ3n) is 3.60. The number of rotatable bonds is 5. The van der Waals surface area contributed by atoms with Gasteiger partial charge in [-0.3, -0.25) is 19.3 Å². The first-order valence-electron chi connectivity index (χ1n) is 7.33. The molecule has 0 radical (unpaired) electrons. The van der Waals surface area contributed by atoms with E-state index in [2.05, 4.69) is 10.3 Å². The molecule has 0 bridgehead atoms. The van der Waals surface area contributed by atoms with Crippen molar-refractivity contribution in [1.29, 1.82) is 0 Å². The van der Waals surface area contributed by atoms with E-state index in [9.17, 15) is 14.4 Å². The van der Waals surface area contributed by atoms with E-state index in [1.807, 2.05) is 0 Å². The van der Waals surface area contributed by atoms with E-state index in [0.717, 1.165) is 0 Å². The highest BCUT2D eigenvalue weighted by Crippen LogP contribution is 2.22. The van der Waals surface area contributed by atoms with E-state index >= 15 is 0 Å². The average Bonchev–Trinajstić information content (AvgIpc) is 2.81. The summed E-state index contributed by atoms with van der Waals surface area (Å²) < 4.78 is 0. The van der Waals surface area contributed by atoms with Crippen LogP contribution in [-0.2, 0) is 4.79 Å². The summed E-state index contributed by atoms with van der Waals surface area (Å²) in [6.07, 6.45) is 2.21. The number of nitrogens with one attached hydrogen (secondary N) is 1. The van der Waals surface area contributed by atoms with E-state index in [1.54, 1.807) is 48.7 Å². The Labute approximate surface area is 145 Å². The fraction of sp³-hybridized carbons (Fsp3) is 0.176. The maximum Gasteiger partial charge on any atom is 0.261 e. The van der Waals surface area contributed by atoms with Crippen LogP contribution in [0.5, 0.6) is 0 Å². The molecule has 7 heteroatoms. The minimum atomic E-state index is -0.296. The van der Waals surface area contributed by atoms with E-state index in [0.29, 0.717) is 23.4 Å². The molecule has 1 N–H and O–H groups in total. The first kappa shape index (κ1) is 17.6. The van der Waals surface area contributed by atoms with Crippen molar-refractivity contribution in [2.45, 2.75) is 12.8 Å². The molecule has 1 aliphatic heterocycles. The normalized spacial score (nSPS) is 12.6. The molecule has 6 nitrogen and oxygen atoms in total. The molecular weight excluding hydrogens is 330 g/mol. The average molecular weight is 346 g/mol. The first-order chi connectivity index (χ1) is 11.2. The summed E-state index contributed by atoms with van der Waals surface area (Å²) in [5.74, 6) is -0.301. The number of pyridine rings is 1. The van der Waals surface area contributed by atoms with Crippen LogP contribution in [0.1, 0.15) is 33.6 Å². The second-order valence-electron chi connectivity index (χ2n) is 5.17. The molecule has 3 rings (SSSR count). The van der Waals surface area contributed by atoms with Crippen LogP contribution in [0.15, 0.2) is 48.7 Å². The van der Waals surface area contributed by atoms with Gasteiger partial charge in [0, 0.05) is 19.2 Å². The lowest BCUT2D eigenvalue weighted by molar-refractivity contribution is -0.116. The summed E-state index contributed by atoms with van der Waals surface area (Å²) in [7, 11) is 0. The number of amides is 3. The molecule has 2 heterocycles. The summed E-state index contributed by atoms with van der Waals surface area (Å²) in [5, 5.41) is 2.67. The lowest BCUT2D eigenvalue weighted by Gasteiger charge is -2.13. The smallest absolute Gasteiger partial charge is 0.261 e. The van der Waals surface area contributed by atoms with Crippen molar-refractivity contribution >= 4 is 35.9 Å². The van der Waals surface area contributed by atoms with Crippen LogP contribution in [0.25, 0.3) is 0 Å². The second kappa shape index (κ2) is 7.70. The monoisotopic (exact) mass is 345 g/mol. The molecule has 2 aromatic rings. The number of carbonyl (C=O) groups excluding carboxylic acids is 3. The van der Waals surface area contributed by atoms with Gasteiger partial charge in [-0.2, -0.15) is 0 Å². The summed E-state index contributed by atoms with van der Waals surface area (Å²) in [4.78, 5) is 41.4. The van der Waals surface area contributed by atoms with Crippen LogP contribution in [0.3, 0.4) is 0 Å². The van der Waals surface area contributed by atoms with Gasteiger partial charge >= 0.3 is 0 Å². The van der Waals surface area contributed by atoms with Crippen LogP contribution in [0.2, 0.25) is 0 Å². The van der Waals surface area contributed by atoms with Crippen molar-refractivity contribution in [3.05, 3.63) is 59.8 Å². The number of fused-ring (bicyclic) bond motifs is 1. The van der Waals surface area contributed by atoms with Gasteiger partial charge in [-0.15, -0.1) is 12.4 Å². The van der Waals surface area contributed by atoms with Gasteiger partial charge in [-0.05, 0) is 30.7 Å². The van der Waals surface area contributed by atoms with Crippen LogP contribution in [0.4, 0.5) is 5.82 Å². The van der Waals surface area contributed by atoms with Gasteiger partial charge in [0.25, 0.3) is 11.8 Å². The quantitative estimate of drug-likeness (QED) is 0.844. The number of benzene rings is 1. The molecule has 1 aromatic carbocycles. The number of hydrogen-bond donors (Lipinski definition) is 1. The highest BCUT2D eigenvalue weighted by atomic mass is 35.5. The zero-order valence-electron chi connectivity index (χ0n) is 12.8. The maximum absolute atomic E-state index is 12.2. The van der Waals surface area contributed by atoms with Gasteiger partial charge in [0.1, 0.15) is 5.82 Å². The van der Waals surface area contributed by atoms with E-state index in [4.69, 9.17) is 0 Å². The Morgan fingerprint density at radius 1 is 1.00 bits per heavy atom. The molecule has 3 amide bonds. The Kier molecular flexibility index (Phi) is 5.65. The molecule has 24 heavy (non-hydrogen) atoms. The Morgan fingerprint density at radius 2 is 1.62 bits per heavy atom. The molecule has 1 aliphatic rings. The van der Waals surface area contributed by atoms with Crippen molar-refractivity contribution in [1.82, 2.24) is 9.88 Å². The molecule has 0 aliphatic carbocycles. The lowest BCUT2D eigenvalue weighted by Crippen LogP contribution is -2.31. The van der Waals surface area contributed by atoms with Crippen LogP contribution < -0.4 is 5.32 Å². The van der Waals surface area contributed by atoms with E-state index in [-0.39, 0.29) is 43.1 Å². The SMILES string of the molecule is Cl.O=C(CCCN1C(=O)c2ccccc2C1=O)Nc1ccccn1. The Bertz CT molecular complexity index is 730. The molecule has 0 atom stereocenters. The van der Waals surface area contributed by atoms with Gasteiger partial charge in [-0.1, -0.05) is 18.2 Å². The zero-order valence-corrected chi connectivity index (χ0v) is 13.6. The fourth-order valence-corrected chi connectivity index (χ4v) is 2.48. The highest BCUT2D eigenvalue weighted by molar-refractivity contribution is 6.21. The maximum atomic E-state index is 12.2. The van der Waals surface area contributed by atoms with Gasteiger partial charge in [0.05, 0.1) is 11.1 Å². The number of anilines is 1. The van der Waals surface area contributed by atoms with E-state index in [1.165, 1.54) is 4.90 Å². The lowest BCUT2D eigenvalue weighted by atomic mass is 10.1. The predicted molar refractivity (Wildman–Crippen MR) is 91.2 cm³/mol. The summed E-state index contributed by atoms with van der Waals surface area (Å²) in [5.41, 5.74) is 0.853. The Hall–Kier alpha value is -2.73. The highest BCUT2D eigenvalue weighted by Gasteiger charge is 2.34. The zero-order chi connectivity index (χ0) is 16.2. The van der Waals surface area contributed by atoms with Gasteiger partial charge in [-0.25, -0.2) is 4.98 Å². The molecule has 0 fully saturated rings. The molecule has 1 aromatic heterocycles. The molecular formula is C17H16ClN3O3. The van der Waals surface area contributed by atoms with Crippen LogP contribution >= 0.6 is 12.4 Å². The molecule has 0 spiro atoms. The van der Waals surface area contributed by atoms with Crippen LogP contribution in [-0.4, -0.2) is 34.2 Å².